The number of anilines is 4. The van der Waals surface area contributed by atoms with Gasteiger partial charge in [-0.05, 0) is 67.5 Å². The maximum absolute atomic E-state index is 6.38. The van der Waals surface area contributed by atoms with Crippen molar-refractivity contribution in [2.24, 2.45) is 0 Å². The van der Waals surface area contributed by atoms with Crippen molar-refractivity contribution in [2.45, 2.75) is 25.7 Å². The third-order valence-corrected chi connectivity index (χ3v) is 6.15. The number of para-hydroxylation sites is 1. The standard InChI is InChI=1S/C28H24N2O/c1-3-10-21(11-4-1)30(22-12-5-2-6-13-22)23-16-18-27-26(19-23)29-25-17-15-20-9-7-8-14-24(20)28(25)31-27/h1,3-4,7-12,14-19,29H,2,5-6,13H2. The molecule has 0 amide bonds. The Morgan fingerprint density at radius 1 is 0.742 bits per heavy atom. The van der Waals surface area contributed by atoms with E-state index in [0.29, 0.717) is 0 Å². The molecule has 0 atom stereocenters. The Morgan fingerprint density at radius 3 is 2.48 bits per heavy atom. The summed E-state index contributed by atoms with van der Waals surface area (Å²) in [6, 6.07) is 29.7. The van der Waals surface area contributed by atoms with Crippen molar-refractivity contribution in [1.82, 2.24) is 0 Å². The summed E-state index contributed by atoms with van der Waals surface area (Å²) in [5.41, 5.74) is 5.72. The van der Waals surface area contributed by atoms with E-state index in [1.165, 1.54) is 29.6 Å². The largest absolute Gasteiger partial charge is 0.452 e. The fraction of sp³-hybridized carbons (Fsp3) is 0.143. The van der Waals surface area contributed by atoms with Crippen LogP contribution in [0, 0.1) is 0 Å². The zero-order valence-electron chi connectivity index (χ0n) is 17.3. The zero-order chi connectivity index (χ0) is 20.6. The number of hydrogen-bond donors (Lipinski definition) is 1. The molecule has 0 bridgehead atoms. The van der Waals surface area contributed by atoms with E-state index in [4.69, 9.17) is 4.74 Å². The van der Waals surface area contributed by atoms with Gasteiger partial charge in [0.25, 0.3) is 0 Å². The summed E-state index contributed by atoms with van der Waals surface area (Å²) in [5.74, 6) is 1.76. The maximum Gasteiger partial charge on any atom is 0.158 e. The Kier molecular flexibility index (Phi) is 4.38. The fourth-order valence-electron chi connectivity index (χ4n) is 4.63. The molecule has 0 saturated heterocycles. The van der Waals surface area contributed by atoms with Crippen LogP contribution in [0.2, 0.25) is 0 Å². The first-order chi connectivity index (χ1) is 15.4. The smallest absolute Gasteiger partial charge is 0.158 e. The molecule has 152 valence electrons. The highest BCUT2D eigenvalue weighted by Crippen LogP contribution is 2.47. The molecule has 3 heteroatoms. The highest BCUT2D eigenvalue weighted by molar-refractivity contribution is 5.96. The van der Waals surface area contributed by atoms with Crippen LogP contribution in [-0.2, 0) is 0 Å². The first-order valence-corrected chi connectivity index (χ1v) is 11.0. The number of benzene rings is 4. The van der Waals surface area contributed by atoms with E-state index in [2.05, 4.69) is 101 Å². The van der Waals surface area contributed by atoms with Gasteiger partial charge >= 0.3 is 0 Å². The van der Waals surface area contributed by atoms with Gasteiger partial charge in [0, 0.05) is 22.5 Å². The van der Waals surface area contributed by atoms with Crippen LogP contribution in [0.4, 0.5) is 22.7 Å². The average Bonchev–Trinajstić information content (AvgIpc) is 2.84. The lowest BCUT2D eigenvalue weighted by molar-refractivity contribution is 0.487. The molecular weight excluding hydrogens is 380 g/mol. The van der Waals surface area contributed by atoms with Crippen LogP contribution in [0.5, 0.6) is 11.5 Å². The molecule has 1 aliphatic heterocycles. The van der Waals surface area contributed by atoms with Gasteiger partial charge in [0.1, 0.15) is 0 Å². The van der Waals surface area contributed by atoms with Crippen LogP contribution < -0.4 is 15.0 Å². The van der Waals surface area contributed by atoms with Crippen molar-refractivity contribution in [3.05, 3.63) is 96.7 Å². The molecule has 1 heterocycles. The molecule has 0 aromatic heterocycles. The molecule has 0 spiro atoms. The number of hydrogen-bond acceptors (Lipinski definition) is 3. The number of nitrogens with zero attached hydrogens (tertiary/aromatic N) is 1. The first kappa shape index (κ1) is 18.1. The van der Waals surface area contributed by atoms with Crippen molar-refractivity contribution in [3.8, 4) is 11.5 Å². The predicted molar refractivity (Wildman–Crippen MR) is 129 cm³/mol. The quantitative estimate of drug-likeness (QED) is 0.327. The van der Waals surface area contributed by atoms with E-state index in [1.807, 2.05) is 0 Å². The van der Waals surface area contributed by atoms with E-state index in [9.17, 15) is 0 Å². The highest BCUT2D eigenvalue weighted by atomic mass is 16.5. The monoisotopic (exact) mass is 404 g/mol. The highest BCUT2D eigenvalue weighted by Gasteiger charge is 2.22. The van der Waals surface area contributed by atoms with Gasteiger partial charge in [0.2, 0.25) is 0 Å². The van der Waals surface area contributed by atoms with Crippen LogP contribution in [0.15, 0.2) is 96.7 Å². The molecule has 1 aliphatic carbocycles. The fourth-order valence-corrected chi connectivity index (χ4v) is 4.63. The van der Waals surface area contributed by atoms with Gasteiger partial charge in [-0.15, -0.1) is 0 Å². The van der Waals surface area contributed by atoms with Crippen LogP contribution in [-0.4, -0.2) is 0 Å². The van der Waals surface area contributed by atoms with Crippen LogP contribution in [0.1, 0.15) is 25.7 Å². The average molecular weight is 405 g/mol. The lowest BCUT2D eigenvalue weighted by atomic mass is 10.0. The van der Waals surface area contributed by atoms with Crippen molar-refractivity contribution < 1.29 is 4.74 Å². The number of fused-ring (bicyclic) bond motifs is 4. The normalized spacial score (nSPS) is 14.6. The number of ether oxygens (including phenoxy) is 1. The van der Waals surface area contributed by atoms with E-state index >= 15 is 0 Å². The third-order valence-electron chi connectivity index (χ3n) is 6.15. The second kappa shape index (κ2) is 7.51. The van der Waals surface area contributed by atoms with Crippen molar-refractivity contribution in [1.29, 1.82) is 0 Å². The number of rotatable bonds is 3. The van der Waals surface area contributed by atoms with Crippen molar-refractivity contribution >= 4 is 33.5 Å². The summed E-state index contributed by atoms with van der Waals surface area (Å²) in [6.07, 6.45) is 7.15. The minimum Gasteiger partial charge on any atom is -0.452 e. The van der Waals surface area contributed by atoms with Gasteiger partial charge < -0.3 is 15.0 Å². The van der Waals surface area contributed by atoms with E-state index in [1.54, 1.807) is 0 Å². The second-order valence-corrected chi connectivity index (χ2v) is 8.18. The summed E-state index contributed by atoms with van der Waals surface area (Å²) in [6.45, 7) is 0. The molecule has 0 radical (unpaired) electrons. The zero-order valence-corrected chi connectivity index (χ0v) is 17.3. The number of nitrogens with one attached hydrogen (secondary N) is 1. The molecular formula is C28H24N2O. The molecule has 4 aromatic rings. The van der Waals surface area contributed by atoms with Gasteiger partial charge in [-0.25, -0.2) is 0 Å². The van der Waals surface area contributed by atoms with Crippen LogP contribution in [0.25, 0.3) is 10.8 Å². The molecule has 0 fully saturated rings. The molecule has 4 aromatic carbocycles. The van der Waals surface area contributed by atoms with Gasteiger partial charge in [-0.1, -0.05) is 54.6 Å². The van der Waals surface area contributed by atoms with Crippen LogP contribution >= 0.6 is 0 Å². The summed E-state index contributed by atoms with van der Waals surface area (Å²) in [7, 11) is 0. The van der Waals surface area contributed by atoms with E-state index in [0.717, 1.165) is 46.8 Å². The Balaban J connectivity index is 1.42. The van der Waals surface area contributed by atoms with E-state index in [-0.39, 0.29) is 0 Å². The predicted octanol–water partition coefficient (Wildman–Crippen LogP) is 8.29. The second-order valence-electron chi connectivity index (χ2n) is 8.18. The summed E-state index contributed by atoms with van der Waals surface area (Å²) >= 11 is 0. The molecule has 2 aliphatic rings. The molecule has 3 nitrogen and oxygen atoms in total. The van der Waals surface area contributed by atoms with Gasteiger partial charge in [-0.2, -0.15) is 0 Å². The summed E-state index contributed by atoms with van der Waals surface area (Å²) in [5, 5.41) is 5.92. The van der Waals surface area contributed by atoms with Crippen molar-refractivity contribution in [2.75, 3.05) is 10.2 Å². The minimum absolute atomic E-state index is 0.859. The molecule has 31 heavy (non-hydrogen) atoms. The Hall–Kier alpha value is -3.72. The van der Waals surface area contributed by atoms with E-state index < -0.39 is 0 Å². The molecule has 1 N–H and O–H groups in total. The third kappa shape index (κ3) is 3.23. The lowest BCUT2D eigenvalue weighted by Crippen LogP contribution is -2.18. The molecule has 0 saturated carbocycles. The minimum atomic E-state index is 0.859. The van der Waals surface area contributed by atoms with Gasteiger partial charge in [0.15, 0.2) is 11.5 Å². The number of allylic oxidation sites excluding steroid dienone is 2. The van der Waals surface area contributed by atoms with Gasteiger partial charge in [0.05, 0.1) is 11.4 Å². The lowest BCUT2D eigenvalue weighted by Gasteiger charge is -2.31. The van der Waals surface area contributed by atoms with Crippen molar-refractivity contribution in [3.63, 3.8) is 0 Å². The Bertz CT molecular complexity index is 1290. The first-order valence-electron chi connectivity index (χ1n) is 11.0. The maximum atomic E-state index is 6.38. The summed E-state index contributed by atoms with van der Waals surface area (Å²) < 4.78 is 6.38. The molecule has 0 unspecified atom stereocenters. The summed E-state index contributed by atoms with van der Waals surface area (Å²) in [4.78, 5) is 2.39. The van der Waals surface area contributed by atoms with Gasteiger partial charge in [-0.3, -0.25) is 0 Å². The molecule has 6 rings (SSSR count). The van der Waals surface area contributed by atoms with Crippen LogP contribution in [0.3, 0.4) is 0 Å². The Labute approximate surface area is 182 Å². The SMILES string of the molecule is C1=C(N(c2ccccc2)c2ccc3c(c2)Nc2ccc4ccccc4c2O3)CCCC1. The Morgan fingerprint density at radius 2 is 1.61 bits per heavy atom. The topological polar surface area (TPSA) is 24.5 Å².